The second kappa shape index (κ2) is 5.38. The van der Waals surface area contributed by atoms with Crippen LogP contribution in [-0.4, -0.2) is 34.4 Å². The van der Waals surface area contributed by atoms with Gasteiger partial charge in [0.2, 0.25) is 0 Å². The molecule has 1 aromatic rings. The van der Waals surface area contributed by atoms with Crippen LogP contribution in [0.25, 0.3) is 0 Å². The van der Waals surface area contributed by atoms with Crippen molar-refractivity contribution in [3.05, 3.63) is 18.2 Å². The third-order valence-electron chi connectivity index (χ3n) is 4.01. The van der Waals surface area contributed by atoms with Crippen LogP contribution in [0, 0.1) is 5.41 Å². The number of aliphatic hydroxyl groups is 1. The van der Waals surface area contributed by atoms with Gasteiger partial charge in [-0.15, -0.1) is 0 Å². The molecule has 0 aromatic carbocycles. The Bertz CT molecular complexity index is 383. The number of hydrogen-bond acceptors (Lipinski definition) is 4. The number of imidazole rings is 1. The molecule has 0 bridgehead atoms. The Morgan fingerprint density at radius 2 is 2.17 bits per heavy atom. The molecule has 0 amide bonds. The molecule has 0 aliphatic carbocycles. The summed E-state index contributed by atoms with van der Waals surface area (Å²) in [4.78, 5) is 4.16. The summed E-state index contributed by atoms with van der Waals surface area (Å²) in [5.41, 5.74) is 6.51. The predicted octanol–water partition coefficient (Wildman–Crippen LogP) is 1.25. The Balaban J connectivity index is 2.28. The van der Waals surface area contributed by atoms with Crippen molar-refractivity contribution in [1.29, 1.82) is 0 Å². The summed E-state index contributed by atoms with van der Waals surface area (Å²) in [6.45, 7) is 5.98. The van der Waals surface area contributed by atoms with Gasteiger partial charge in [0, 0.05) is 31.2 Å². The lowest BCUT2D eigenvalue weighted by atomic mass is 9.74. The van der Waals surface area contributed by atoms with E-state index in [0.717, 1.165) is 18.5 Å². The molecule has 1 fully saturated rings. The normalized spacial score (nSPS) is 21.2. The van der Waals surface area contributed by atoms with Crippen molar-refractivity contribution in [2.45, 2.75) is 38.8 Å². The number of aliphatic hydroxyl groups excluding tert-OH is 1. The molecule has 0 saturated carbocycles. The fourth-order valence-corrected chi connectivity index (χ4v) is 2.64. The van der Waals surface area contributed by atoms with Gasteiger partial charge in [0.15, 0.2) is 0 Å². The molecule has 1 atom stereocenters. The zero-order chi connectivity index (χ0) is 13.2. The van der Waals surface area contributed by atoms with Crippen LogP contribution in [0.1, 0.15) is 44.5 Å². The van der Waals surface area contributed by atoms with E-state index in [1.807, 2.05) is 4.57 Å². The maximum Gasteiger partial charge on any atom is 0.103 e. The fraction of sp³-hybridized carbons (Fsp3) is 0.769. The minimum absolute atomic E-state index is 0.273. The van der Waals surface area contributed by atoms with E-state index in [4.69, 9.17) is 10.5 Å². The third kappa shape index (κ3) is 2.30. The van der Waals surface area contributed by atoms with Gasteiger partial charge in [-0.05, 0) is 26.7 Å². The highest BCUT2D eigenvalue weighted by molar-refractivity contribution is 5.10. The first-order valence-corrected chi connectivity index (χ1v) is 6.58. The molecule has 3 N–H and O–H groups in total. The molecule has 18 heavy (non-hydrogen) atoms. The highest BCUT2D eigenvalue weighted by Gasteiger charge is 2.40. The van der Waals surface area contributed by atoms with Gasteiger partial charge in [0.05, 0.1) is 18.2 Å². The lowest BCUT2D eigenvalue weighted by Gasteiger charge is -2.40. The Morgan fingerprint density at radius 1 is 1.50 bits per heavy atom. The van der Waals surface area contributed by atoms with E-state index in [-0.39, 0.29) is 11.5 Å². The predicted molar refractivity (Wildman–Crippen MR) is 69.1 cm³/mol. The van der Waals surface area contributed by atoms with Gasteiger partial charge in [-0.1, -0.05) is 0 Å². The Labute approximate surface area is 108 Å². The standard InChI is InChI=1S/C13H23N3O2/c1-10(2)16-9-15-7-11(16)12(17)13(8-14)3-5-18-6-4-13/h7,9-10,12,17H,3-6,8,14H2,1-2H3. The van der Waals surface area contributed by atoms with Gasteiger partial charge >= 0.3 is 0 Å². The minimum atomic E-state index is -0.573. The molecule has 5 heteroatoms. The van der Waals surface area contributed by atoms with Crippen LogP contribution in [-0.2, 0) is 4.74 Å². The molecule has 0 spiro atoms. The first kappa shape index (κ1) is 13.5. The van der Waals surface area contributed by atoms with Crippen molar-refractivity contribution in [3.63, 3.8) is 0 Å². The summed E-state index contributed by atoms with van der Waals surface area (Å²) in [5.74, 6) is 0. The van der Waals surface area contributed by atoms with Crippen LogP contribution in [0.4, 0.5) is 0 Å². The maximum atomic E-state index is 10.7. The van der Waals surface area contributed by atoms with Gasteiger partial charge in [0.25, 0.3) is 0 Å². The van der Waals surface area contributed by atoms with Crippen LogP contribution in [0.15, 0.2) is 12.5 Å². The second-order valence-corrected chi connectivity index (χ2v) is 5.40. The van der Waals surface area contributed by atoms with E-state index in [0.29, 0.717) is 19.8 Å². The molecule has 1 aliphatic rings. The van der Waals surface area contributed by atoms with Crippen molar-refractivity contribution >= 4 is 0 Å². The van der Waals surface area contributed by atoms with E-state index in [9.17, 15) is 5.11 Å². The Hall–Kier alpha value is -0.910. The monoisotopic (exact) mass is 253 g/mol. The minimum Gasteiger partial charge on any atom is -0.386 e. The largest absolute Gasteiger partial charge is 0.386 e. The number of rotatable bonds is 4. The lowest BCUT2D eigenvalue weighted by molar-refractivity contribution is -0.0612. The van der Waals surface area contributed by atoms with Gasteiger partial charge in [-0.25, -0.2) is 4.98 Å². The number of ether oxygens (including phenoxy) is 1. The summed E-state index contributed by atoms with van der Waals surface area (Å²) < 4.78 is 7.39. The van der Waals surface area contributed by atoms with Crippen LogP contribution in [0.5, 0.6) is 0 Å². The highest BCUT2D eigenvalue weighted by atomic mass is 16.5. The average molecular weight is 253 g/mol. The molecule has 1 aliphatic heterocycles. The first-order valence-electron chi connectivity index (χ1n) is 6.58. The zero-order valence-electron chi connectivity index (χ0n) is 11.2. The number of aromatic nitrogens is 2. The van der Waals surface area contributed by atoms with Crippen molar-refractivity contribution in [2.75, 3.05) is 19.8 Å². The Morgan fingerprint density at radius 3 is 2.72 bits per heavy atom. The Kier molecular flexibility index (Phi) is 4.04. The van der Waals surface area contributed by atoms with Crippen LogP contribution in [0.2, 0.25) is 0 Å². The van der Waals surface area contributed by atoms with Gasteiger partial charge in [0.1, 0.15) is 6.10 Å². The van der Waals surface area contributed by atoms with Crippen LogP contribution in [0.3, 0.4) is 0 Å². The number of nitrogens with zero attached hydrogens (tertiary/aromatic N) is 2. The smallest absolute Gasteiger partial charge is 0.103 e. The van der Waals surface area contributed by atoms with Crippen molar-refractivity contribution in [3.8, 4) is 0 Å². The lowest BCUT2D eigenvalue weighted by Crippen LogP contribution is -2.42. The van der Waals surface area contributed by atoms with E-state index < -0.39 is 6.10 Å². The molecule has 2 heterocycles. The fourth-order valence-electron chi connectivity index (χ4n) is 2.64. The zero-order valence-corrected chi connectivity index (χ0v) is 11.2. The van der Waals surface area contributed by atoms with Crippen molar-refractivity contribution < 1.29 is 9.84 Å². The first-order chi connectivity index (χ1) is 8.60. The quantitative estimate of drug-likeness (QED) is 0.847. The summed E-state index contributed by atoms with van der Waals surface area (Å²) in [6, 6.07) is 0.284. The average Bonchev–Trinajstić information content (AvgIpc) is 2.88. The molecule has 0 radical (unpaired) electrons. The molecule has 2 rings (SSSR count). The van der Waals surface area contributed by atoms with Gasteiger partial charge in [-0.2, -0.15) is 0 Å². The molecule has 5 nitrogen and oxygen atoms in total. The molecular formula is C13H23N3O2. The summed E-state index contributed by atoms with van der Waals surface area (Å²) in [6.07, 6.45) is 4.54. The molecule has 1 unspecified atom stereocenters. The molecule has 102 valence electrons. The van der Waals surface area contributed by atoms with Crippen LogP contribution >= 0.6 is 0 Å². The molecule has 1 aromatic heterocycles. The van der Waals surface area contributed by atoms with Crippen LogP contribution < -0.4 is 5.73 Å². The third-order valence-corrected chi connectivity index (χ3v) is 4.01. The van der Waals surface area contributed by atoms with E-state index >= 15 is 0 Å². The van der Waals surface area contributed by atoms with E-state index in [1.54, 1.807) is 12.5 Å². The topological polar surface area (TPSA) is 73.3 Å². The SMILES string of the molecule is CC(C)n1cncc1C(O)C1(CN)CCOCC1. The van der Waals surface area contributed by atoms with E-state index in [2.05, 4.69) is 18.8 Å². The molecular weight excluding hydrogens is 230 g/mol. The van der Waals surface area contributed by atoms with Gasteiger partial charge < -0.3 is 20.1 Å². The van der Waals surface area contributed by atoms with E-state index in [1.165, 1.54) is 0 Å². The van der Waals surface area contributed by atoms with Crippen molar-refractivity contribution in [2.24, 2.45) is 11.1 Å². The molecule has 1 saturated heterocycles. The second-order valence-electron chi connectivity index (χ2n) is 5.40. The summed E-state index contributed by atoms with van der Waals surface area (Å²) in [5, 5.41) is 10.7. The summed E-state index contributed by atoms with van der Waals surface area (Å²) >= 11 is 0. The van der Waals surface area contributed by atoms with Gasteiger partial charge in [-0.3, -0.25) is 0 Å². The maximum absolute atomic E-state index is 10.7. The highest BCUT2D eigenvalue weighted by Crippen LogP contribution is 2.41. The summed E-state index contributed by atoms with van der Waals surface area (Å²) in [7, 11) is 0. The number of hydrogen-bond donors (Lipinski definition) is 2. The van der Waals surface area contributed by atoms with Crippen molar-refractivity contribution in [1.82, 2.24) is 9.55 Å². The number of nitrogens with two attached hydrogens (primary N) is 1.